The highest BCUT2D eigenvalue weighted by Crippen LogP contribution is 2.73. The van der Waals surface area contributed by atoms with Gasteiger partial charge in [0, 0.05) is 11.5 Å². The zero-order chi connectivity index (χ0) is 10.0. The van der Waals surface area contributed by atoms with Gasteiger partial charge >= 0.3 is 0 Å². The molecule has 2 rings (SSSR count). The van der Waals surface area contributed by atoms with Crippen molar-refractivity contribution in [2.24, 2.45) is 0 Å². The third-order valence-electron chi connectivity index (χ3n) is 1.82. The molecule has 1 aliphatic heterocycles. The molecule has 14 heavy (non-hydrogen) atoms. The minimum absolute atomic E-state index is 0.917. The summed E-state index contributed by atoms with van der Waals surface area (Å²) in [6, 6.07) is 8.12. The summed E-state index contributed by atoms with van der Waals surface area (Å²) in [6.07, 6.45) is 0. The number of hydrogen-bond donors (Lipinski definition) is 0. The first-order valence-corrected chi connectivity index (χ1v) is 10.2. The van der Waals surface area contributed by atoms with E-state index in [0.717, 1.165) is 17.3 Å². The Kier molecular flexibility index (Phi) is 3.48. The molecule has 1 fully saturated rings. The predicted molar refractivity (Wildman–Crippen MR) is 71.0 cm³/mol. The van der Waals surface area contributed by atoms with Gasteiger partial charge in [0.2, 0.25) is 4.67 Å². The number of rotatable bonds is 2. The van der Waals surface area contributed by atoms with Crippen LogP contribution in [0.3, 0.4) is 0 Å². The summed E-state index contributed by atoms with van der Waals surface area (Å²) in [7, 11) is 0. The molecular weight excluding hydrogens is 251 g/mol. The van der Waals surface area contributed by atoms with Gasteiger partial charge in [-0.2, -0.15) is 0 Å². The first-order valence-electron chi connectivity index (χ1n) is 4.33. The van der Waals surface area contributed by atoms with E-state index in [1.807, 2.05) is 34.9 Å². The SMILES string of the molecule is Cc1ccc(OP2(=S)SCCS2)cc1. The molecule has 0 saturated carbocycles. The summed E-state index contributed by atoms with van der Waals surface area (Å²) >= 11 is 9.12. The highest BCUT2D eigenvalue weighted by atomic mass is 33.2. The third-order valence-corrected chi connectivity index (χ3v) is 11.4. The molecule has 76 valence electrons. The van der Waals surface area contributed by atoms with E-state index in [1.165, 1.54) is 5.56 Å². The lowest BCUT2D eigenvalue weighted by Gasteiger charge is -2.15. The van der Waals surface area contributed by atoms with Crippen LogP contribution >= 0.6 is 27.4 Å². The monoisotopic (exact) mass is 262 g/mol. The van der Waals surface area contributed by atoms with Crippen molar-refractivity contribution in [1.29, 1.82) is 0 Å². The summed E-state index contributed by atoms with van der Waals surface area (Å²) in [4.78, 5) is 0. The molecule has 1 aromatic rings. The lowest BCUT2D eigenvalue weighted by atomic mass is 10.2. The first-order chi connectivity index (χ1) is 6.68. The molecule has 1 aromatic carbocycles. The van der Waals surface area contributed by atoms with E-state index in [0.29, 0.717) is 0 Å². The summed E-state index contributed by atoms with van der Waals surface area (Å²) in [6.45, 7) is 2.07. The first kappa shape index (κ1) is 10.9. The summed E-state index contributed by atoms with van der Waals surface area (Å²) in [5, 5.41) is 0. The average Bonchev–Trinajstić information content (AvgIpc) is 2.57. The van der Waals surface area contributed by atoms with Crippen LogP contribution in [-0.2, 0) is 11.8 Å². The fourth-order valence-electron chi connectivity index (χ4n) is 1.12. The van der Waals surface area contributed by atoms with Crippen LogP contribution in [0.4, 0.5) is 0 Å². The Morgan fingerprint density at radius 1 is 1.21 bits per heavy atom. The van der Waals surface area contributed by atoms with Crippen molar-refractivity contribution in [3.8, 4) is 5.75 Å². The molecule has 5 heteroatoms. The van der Waals surface area contributed by atoms with Gasteiger partial charge in [0.15, 0.2) is 0 Å². The van der Waals surface area contributed by atoms with Crippen LogP contribution in [0.25, 0.3) is 0 Å². The van der Waals surface area contributed by atoms with Crippen LogP contribution in [0, 0.1) is 6.92 Å². The Balaban J connectivity index is 2.10. The lowest BCUT2D eigenvalue weighted by molar-refractivity contribution is 0.637. The molecule has 0 spiro atoms. The normalized spacial score (nSPS) is 19.5. The minimum Gasteiger partial charge on any atom is -0.448 e. The quantitative estimate of drug-likeness (QED) is 0.742. The summed E-state index contributed by atoms with van der Waals surface area (Å²) < 4.78 is 4.23. The molecule has 0 amide bonds. The molecule has 0 radical (unpaired) electrons. The average molecular weight is 262 g/mol. The van der Waals surface area contributed by atoms with Gasteiger partial charge in [0.25, 0.3) is 0 Å². The zero-order valence-corrected chi connectivity index (χ0v) is 11.1. The van der Waals surface area contributed by atoms with Crippen molar-refractivity contribution in [2.75, 3.05) is 11.5 Å². The van der Waals surface area contributed by atoms with Crippen LogP contribution < -0.4 is 4.52 Å². The van der Waals surface area contributed by atoms with E-state index in [9.17, 15) is 0 Å². The smallest absolute Gasteiger partial charge is 0.222 e. The molecule has 0 aliphatic carbocycles. The maximum Gasteiger partial charge on any atom is 0.222 e. The van der Waals surface area contributed by atoms with Crippen LogP contribution in [0.2, 0.25) is 0 Å². The lowest BCUT2D eigenvalue weighted by Crippen LogP contribution is -1.83. The molecule has 0 aromatic heterocycles. The van der Waals surface area contributed by atoms with Gasteiger partial charge in [-0.05, 0) is 30.9 Å². The molecule has 1 saturated heterocycles. The van der Waals surface area contributed by atoms with Crippen LogP contribution in [0.1, 0.15) is 5.56 Å². The van der Waals surface area contributed by atoms with E-state index in [4.69, 9.17) is 16.3 Å². The van der Waals surface area contributed by atoms with Crippen LogP contribution in [0.15, 0.2) is 24.3 Å². The van der Waals surface area contributed by atoms with Gasteiger partial charge in [-0.3, -0.25) is 0 Å². The maximum atomic E-state index is 5.87. The highest BCUT2D eigenvalue weighted by molar-refractivity contribution is 9.00. The van der Waals surface area contributed by atoms with Crippen molar-refractivity contribution in [2.45, 2.75) is 6.92 Å². The molecule has 1 nitrogen and oxygen atoms in total. The Hall–Kier alpha value is 0.370. The van der Waals surface area contributed by atoms with Crippen molar-refractivity contribution in [1.82, 2.24) is 0 Å². The van der Waals surface area contributed by atoms with Gasteiger partial charge in [0.1, 0.15) is 5.75 Å². The second-order valence-electron chi connectivity index (χ2n) is 3.02. The second kappa shape index (κ2) is 4.48. The van der Waals surface area contributed by atoms with Crippen molar-refractivity contribution < 1.29 is 4.52 Å². The minimum atomic E-state index is -1.64. The summed E-state index contributed by atoms with van der Waals surface area (Å²) in [5.74, 6) is 3.18. The van der Waals surface area contributed by atoms with E-state index in [1.54, 1.807) is 0 Å². The molecule has 0 bridgehead atoms. The molecule has 0 N–H and O–H groups in total. The molecule has 1 heterocycles. The largest absolute Gasteiger partial charge is 0.448 e. The van der Waals surface area contributed by atoms with Crippen molar-refractivity contribution in [3.63, 3.8) is 0 Å². The van der Waals surface area contributed by atoms with E-state index in [-0.39, 0.29) is 0 Å². The number of aryl methyl sites for hydroxylation is 1. The third kappa shape index (κ3) is 2.69. The van der Waals surface area contributed by atoms with Crippen molar-refractivity contribution >= 4 is 39.2 Å². The van der Waals surface area contributed by atoms with Gasteiger partial charge in [-0.25, -0.2) is 0 Å². The topological polar surface area (TPSA) is 9.23 Å². The van der Waals surface area contributed by atoms with Gasteiger partial charge in [-0.15, -0.1) is 0 Å². The molecular formula is C9H11OPS3. The Morgan fingerprint density at radius 2 is 1.79 bits per heavy atom. The molecule has 1 aliphatic rings. The maximum absolute atomic E-state index is 5.87. The Labute approximate surface area is 97.6 Å². The summed E-state index contributed by atoms with van der Waals surface area (Å²) in [5.41, 5.74) is 1.25. The zero-order valence-electron chi connectivity index (χ0n) is 7.80. The van der Waals surface area contributed by atoms with E-state index in [2.05, 4.69) is 19.1 Å². The van der Waals surface area contributed by atoms with Crippen LogP contribution in [-0.4, -0.2) is 11.5 Å². The second-order valence-corrected chi connectivity index (χ2v) is 13.7. The Morgan fingerprint density at radius 3 is 2.36 bits per heavy atom. The number of hydrogen-bond acceptors (Lipinski definition) is 4. The van der Waals surface area contributed by atoms with E-state index >= 15 is 0 Å². The van der Waals surface area contributed by atoms with Gasteiger partial charge in [0.05, 0.1) is 0 Å². The fourth-order valence-corrected chi connectivity index (χ4v) is 10.1. The van der Waals surface area contributed by atoms with Crippen molar-refractivity contribution in [3.05, 3.63) is 29.8 Å². The van der Waals surface area contributed by atoms with Gasteiger partial charge < -0.3 is 4.52 Å². The van der Waals surface area contributed by atoms with Gasteiger partial charge in [-0.1, -0.05) is 40.5 Å². The molecule has 0 unspecified atom stereocenters. The highest BCUT2D eigenvalue weighted by Gasteiger charge is 2.26. The standard InChI is InChI=1S/C9H11OPS3/c1-8-2-4-9(5-3-8)10-11(12)13-6-7-14-11/h2-5H,6-7H2,1H3. The fraction of sp³-hybridized carbons (Fsp3) is 0.333. The molecule has 0 atom stereocenters. The number of benzene rings is 1. The predicted octanol–water partition coefficient (Wildman–Crippen LogP) is 4.08. The van der Waals surface area contributed by atoms with E-state index < -0.39 is 4.67 Å². The Bertz CT molecular complexity index is 353. The van der Waals surface area contributed by atoms with Crippen LogP contribution in [0.5, 0.6) is 5.75 Å².